The Kier molecular flexibility index (Phi) is 4.73. The number of imidazole rings is 1. The molecule has 0 aliphatic carbocycles. The minimum atomic E-state index is 0.897. The zero-order valence-electron chi connectivity index (χ0n) is 16.1. The summed E-state index contributed by atoms with van der Waals surface area (Å²) < 4.78 is 2.18. The van der Waals surface area contributed by atoms with Gasteiger partial charge in [0.25, 0.3) is 0 Å². The molecule has 0 bridgehead atoms. The lowest BCUT2D eigenvalue weighted by Gasteiger charge is -2.10. The Morgan fingerprint density at radius 3 is 2.30 bits per heavy atom. The number of fused-ring (bicyclic) bond motifs is 1. The van der Waals surface area contributed by atoms with Gasteiger partial charge in [-0.25, -0.2) is 4.98 Å². The molecule has 4 aromatic rings. The molecule has 3 heterocycles. The molecule has 136 valence electrons. The minimum absolute atomic E-state index is 0.897. The maximum Gasteiger partial charge on any atom is 0.138 e. The lowest BCUT2D eigenvalue weighted by atomic mass is 10.0. The average Bonchev–Trinajstić information content (AvgIpc) is 3.07. The Labute approximate surface area is 160 Å². The molecule has 1 aromatic carbocycles. The molecule has 0 saturated heterocycles. The molecule has 3 aromatic heterocycles. The Balaban J connectivity index is 1.92. The van der Waals surface area contributed by atoms with E-state index >= 15 is 0 Å². The molecule has 0 N–H and O–H groups in total. The zero-order valence-corrected chi connectivity index (χ0v) is 16.1. The van der Waals surface area contributed by atoms with Crippen LogP contribution in [0.2, 0.25) is 0 Å². The molecule has 0 amide bonds. The molecular formula is C23H24N4. The van der Waals surface area contributed by atoms with Crippen LogP contribution in [0.1, 0.15) is 18.1 Å². The SMILES string of the molecule is CCc1ccc(-c2nc3cc(CN(C)C)ccn3c2-c2ccncc2)cc1. The molecule has 0 fully saturated rings. The van der Waals surface area contributed by atoms with Crippen molar-refractivity contribution in [1.82, 2.24) is 19.3 Å². The predicted octanol–water partition coefficient (Wildman–Crippen LogP) is 4.69. The Bertz CT molecular complexity index is 1050. The largest absolute Gasteiger partial charge is 0.305 e. The maximum atomic E-state index is 5.01. The van der Waals surface area contributed by atoms with Gasteiger partial charge in [0.2, 0.25) is 0 Å². The monoisotopic (exact) mass is 356 g/mol. The van der Waals surface area contributed by atoms with E-state index in [-0.39, 0.29) is 0 Å². The molecule has 4 heteroatoms. The summed E-state index contributed by atoms with van der Waals surface area (Å²) >= 11 is 0. The van der Waals surface area contributed by atoms with Gasteiger partial charge in [-0.2, -0.15) is 0 Å². The van der Waals surface area contributed by atoms with Crippen LogP contribution in [0, 0.1) is 0 Å². The molecule has 4 rings (SSSR count). The van der Waals surface area contributed by atoms with Crippen LogP contribution in [0.4, 0.5) is 0 Å². The second kappa shape index (κ2) is 7.33. The van der Waals surface area contributed by atoms with E-state index in [0.717, 1.165) is 41.1 Å². The highest BCUT2D eigenvalue weighted by molar-refractivity contribution is 5.82. The van der Waals surface area contributed by atoms with Crippen LogP contribution in [-0.4, -0.2) is 33.4 Å². The minimum Gasteiger partial charge on any atom is -0.305 e. The van der Waals surface area contributed by atoms with E-state index in [0.29, 0.717) is 0 Å². The summed E-state index contributed by atoms with van der Waals surface area (Å²) in [5, 5.41) is 0. The Morgan fingerprint density at radius 1 is 0.889 bits per heavy atom. The van der Waals surface area contributed by atoms with Gasteiger partial charge in [-0.3, -0.25) is 9.38 Å². The second-order valence-corrected chi connectivity index (χ2v) is 7.10. The van der Waals surface area contributed by atoms with Crippen LogP contribution < -0.4 is 0 Å². The fraction of sp³-hybridized carbons (Fsp3) is 0.217. The van der Waals surface area contributed by atoms with E-state index in [1.807, 2.05) is 24.5 Å². The summed E-state index contributed by atoms with van der Waals surface area (Å²) in [5.41, 5.74) is 7.92. The van der Waals surface area contributed by atoms with Crippen molar-refractivity contribution in [2.24, 2.45) is 0 Å². The van der Waals surface area contributed by atoms with Crippen molar-refractivity contribution < 1.29 is 0 Å². The molecule has 27 heavy (non-hydrogen) atoms. The third-order valence-corrected chi connectivity index (χ3v) is 4.78. The van der Waals surface area contributed by atoms with Crippen molar-refractivity contribution in [3.63, 3.8) is 0 Å². The number of hydrogen-bond donors (Lipinski definition) is 0. The summed E-state index contributed by atoms with van der Waals surface area (Å²) in [4.78, 5) is 11.3. The molecule has 0 unspecified atom stereocenters. The van der Waals surface area contributed by atoms with Crippen molar-refractivity contribution >= 4 is 5.65 Å². The van der Waals surface area contributed by atoms with E-state index in [1.54, 1.807) is 0 Å². The highest BCUT2D eigenvalue weighted by Crippen LogP contribution is 2.33. The van der Waals surface area contributed by atoms with E-state index < -0.39 is 0 Å². The van der Waals surface area contributed by atoms with Gasteiger partial charge in [0.15, 0.2) is 0 Å². The van der Waals surface area contributed by atoms with E-state index in [4.69, 9.17) is 4.98 Å². The highest BCUT2D eigenvalue weighted by atomic mass is 15.1. The number of aromatic nitrogens is 3. The lowest BCUT2D eigenvalue weighted by Crippen LogP contribution is -2.10. The van der Waals surface area contributed by atoms with Crippen molar-refractivity contribution in [2.45, 2.75) is 19.9 Å². The molecule has 0 aliphatic rings. The summed E-state index contributed by atoms with van der Waals surface area (Å²) in [6.45, 7) is 3.07. The first-order valence-electron chi connectivity index (χ1n) is 9.31. The second-order valence-electron chi connectivity index (χ2n) is 7.10. The van der Waals surface area contributed by atoms with Gasteiger partial charge in [0.1, 0.15) is 5.65 Å². The first kappa shape index (κ1) is 17.4. The molecule has 0 atom stereocenters. The third kappa shape index (κ3) is 3.49. The van der Waals surface area contributed by atoms with Crippen molar-refractivity contribution in [1.29, 1.82) is 0 Å². The van der Waals surface area contributed by atoms with Crippen molar-refractivity contribution in [3.8, 4) is 22.5 Å². The third-order valence-electron chi connectivity index (χ3n) is 4.78. The normalized spacial score (nSPS) is 11.4. The summed E-state index contributed by atoms with van der Waals surface area (Å²) in [6, 6.07) is 17.2. The lowest BCUT2D eigenvalue weighted by molar-refractivity contribution is 0.402. The van der Waals surface area contributed by atoms with Crippen LogP contribution in [0.15, 0.2) is 67.1 Å². The Morgan fingerprint density at radius 2 is 1.63 bits per heavy atom. The molecule has 0 spiro atoms. The van der Waals surface area contributed by atoms with Gasteiger partial charge in [-0.05, 0) is 55.9 Å². The summed E-state index contributed by atoms with van der Waals surface area (Å²) in [7, 11) is 4.16. The fourth-order valence-corrected chi connectivity index (χ4v) is 3.44. The fourth-order valence-electron chi connectivity index (χ4n) is 3.44. The molecule has 0 radical (unpaired) electrons. The summed E-state index contributed by atoms with van der Waals surface area (Å²) in [6.07, 6.45) is 6.83. The van der Waals surface area contributed by atoms with E-state index in [1.165, 1.54) is 11.1 Å². The molecular weight excluding hydrogens is 332 g/mol. The molecule has 0 saturated carbocycles. The Hall–Kier alpha value is -2.98. The van der Waals surface area contributed by atoms with E-state index in [9.17, 15) is 0 Å². The number of benzene rings is 1. The zero-order chi connectivity index (χ0) is 18.8. The van der Waals surface area contributed by atoms with Gasteiger partial charge >= 0.3 is 0 Å². The van der Waals surface area contributed by atoms with Crippen LogP contribution in [0.3, 0.4) is 0 Å². The van der Waals surface area contributed by atoms with Gasteiger partial charge in [-0.1, -0.05) is 31.2 Å². The number of hydrogen-bond acceptors (Lipinski definition) is 3. The van der Waals surface area contributed by atoms with Gasteiger partial charge in [-0.15, -0.1) is 0 Å². The van der Waals surface area contributed by atoms with Crippen molar-refractivity contribution in [3.05, 3.63) is 78.2 Å². The predicted molar refractivity (Wildman–Crippen MR) is 111 cm³/mol. The maximum absolute atomic E-state index is 5.01. The first-order chi connectivity index (χ1) is 13.2. The average molecular weight is 356 g/mol. The summed E-state index contributed by atoms with van der Waals surface area (Å²) in [5.74, 6) is 0. The van der Waals surface area contributed by atoms with Crippen molar-refractivity contribution in [2.75, 3.05) is 14.1 Å². The molecule has 4 nitrogen and oxygen atoms in total. The van der Waals surface area contributed by atoms with Gasteiger partial charge in [0, 0.05) is 36.3 Å². The smallest absolute Gasteiger partial charge is 0.138 e. The van der Waals surface area contributed by atoms with Crippen LogP contribution in [0.5, 0.6) is 0 Å². The van der Waals surface area contributed by atoms with Crippen LogP contribution >= 0.6 is 0 Å². The van der Waals surface area contributed by atoms with Crippen LogP contribution in [-0.2, 0) is 13.0 Å². The van der Waals surface area contributed by atoms with Gasteiger partial charge < -0.3 is 4.90 Å². The highest BCUT2D eigenvalue weighted by Gasteiger charge is 2.16. The number of aryl methyl sites for hydroxylation is 1. The standard InChI is InChI=1S/C23H24N4/c1-4-17-5-7-19(8-6-17)22-23(20-9-12-24-13-10-20)27-14-11-18(16-26(2)3)15-21(27)25-22/h5-15H,4,16H2,1-3H3. The quantitative estimate of drug-likeness (QED) is 0.520. The molecule has 0 aliphatic heterocycles. The van der Waals surface area contributed by atoms with Crippen LogP contribution in [0.25, 0.3) is 28.2 Å². The van der Waals surface area contributed by atoms with E-state index in [2.05, 4.69) is 77.9 Å². The first-order valence-corrected chi connectivity index (χ1v) is 9.31. The topological polar surface area (TPSA) is 33.4 Å². The number of rotatable bonds is 5. The number of pyridine rings is 2. The number of nitrogens with zero attached hydrogens (tertiary/aromatic N) is 4. The van der Waals surface area contributed by atoms with Gasteiger partial charge in [0.05, 0.1) is 11.4 Å².